The van der Waals surface area contributed by atoms with Crippen molar-refractivity contribution in [1.82, 2.24) is 19.1 Å². The number of benzene rings is 1. The summed E-state index contributed by atoms with van der Waals surface area (Å²) in [7, 11) is -2.95. The van der Waals surface area contributed by atoms with Crippen LogP contribution in [-0.2, 0) is 6.54 Å². The number of aromatic amines is 1. The van der Waals surface area contributed by atoms with E-state index in [1.807, 2.05) is 23.7 Å². The first-order valence-corrected chi connectivity index (χ1v) is 12.4. The van der Waals surface area contributed by atoms with Gasteiger partial charge in [0.1, 0.15) is 5.39 Å². The van der Waals surface area contributed by atoms with Crippen LogP contribution in [0.2, 0.25) is 0 Å². The molecule has 10 heteroatoms. The number of H-pyrrole nitrogens is 1. The van der Waals surface area contributed by atoms with Crippen molar-refractivity contribution in [3.63, 3.8) is 0 Å². The summed E-state index contributed by atoms with van der Waals surface area (Å²) in [5, 5.41) is 18.1. The molecule has 0 bridgehead atoms. The molecular weight excluding hydrogens is 428 g/mol. The van der Waals surface area contributed by atoms with E-state index in [2.05, 4.69) is 16.4 Å². The predicted molar refractivity (Wildman–Crippen MR) is 124 cm³/mol. The minimum atomic E-state index is -2.95. The Morgan fingerprint density at radius 3 is 2.91 bits per heavy atom. The minimum Gasteiger partial charge on any atom is -0.338 e. The van der Waals surface area contributed by atoms with E-state index < -0.39 is 10.8 Å². The van der Waals surface area contributed by atoms with E-state index in [4.69, 9.17) is 5.10 Å². The van der Waals surface area contributed by atoms with Crippen molar-refractivity contribution < 1.29 is 9.11 Å². The normalized spacial score (nSPS) is 23.6. The number of hydrogen-bond donors (Lipinski definition) is 4. The molecule has 1 aliphatic carbocycles. The van der Waals surface area contributed by atoms with E-state index in [0.717, 1.165) is 31.2 Å². The highest BCUT2D eigenvalue weighted by molar-refractivity contribution is 8.22. The number of anilines is 2. The van der Waals surface area contributed by atoms with Gasteiger partial charge in [-0.1, -0.05) is 19.8 Å². The van der Waals surface area contributed by atoms with Crippen LogP contribution in [0.25, 0.3) is 10.9 Å². The molecule has 1 saturated carbocycles. The third-order valence-corrected chi connectivity index (χ3v) is 8.61. The average molecular weight is 455 g/mol. The monoisotopic (exact) mass is 454 g/mol. The maximum absolute atomic E-state index is 12.7. The zero-order valence-electron chi connectivity index (χ0n) is 17.8. The Balaban J connectivity index is 1.55. The van der Waals surface area contributed by atoms with Gasteiger partial charge in [-0.3, -0.25) is 18.6 Å². The molecule has 0 amide bonds. The number of hydrogen-bond acceptors (Lipinski definition) is 7. The van der Waals surface area contributed by atoms with Crippen LogP contribution in [0.4, 0.5) is 11.5 Å². The molecule has 0 radical (unpaired) electrons. The second-order valence-corrected chi connectivity index (χ2v) is 10.4. The summed E-state index contributed by atoms with van der Waals surface area (Å²) in [5.74, 6) is 0.297. The molecule has 0 spiro atoms. The zero-order chi connectivity index (χ0) is 22.5. The molecule has 168 valence electrons. The quantitative estimate of drug-likeness (QED) is 0.454. The van der Waals surface area contributed by atoms with Crippen LogP contribution < -0.4 is 10.9 Å². The number of nitrogens with one attached hydrogen (secondary N) is 2. The molecule has 2 unspecified atom stereocenters. The zero-order valence-corrected chi connectivity index (χ0v) is 18.6. The van der Waals surface area contributed by atoms with Crippen molar-refractivity contribution in [2.24, 2.45) is 5.92 Å². The summed E-state index contributed by atoms with van der Waals surface area (Å²) < 4.78 is 24.5. The van der Waals surface area contributed by atoms with Gasteiger partial charge in [-0.25, -0.2) is 0 Å². The standard InChI is InChI=1S/C22H26N6O3S/c1-2-27-13-15-11-16(7-8-19(15)32(27,30)31)25-21-20-18(9-10-24-22(20)29)28(26-21)17-6-4-3-5-14(17)12-23/h7-11,14,17,30-31H,2-6,13H2,1H3,(H,24,29)(H,25,26). The molecule has 1 fully saturated rings. The van der Waals surface area contributed by atoms with Crippen molar-refractivity contribution in [2.45, 2.75) is 50.1 Å². The highest BCUT2D eigenvalue weighted by atomic mass is 32.3. The van der Waals surface area contributed by atoms with Crippen molar-refractivity contribution >= 4 is 33.2 Å². The predicted octanol–water partition coefficient (Wildman–Crippen LogP) is 4.58. The summed E-state index contributed by atoms with van der Waals surface area (Å²) in [4.78, 5) is 16.0. The number of fused-ring (bicyclic) bond motifs is 2. The molecule has 1 aliphatic heterocycles. The van der Waals surface area contributed by atoms with Crippen molar-refractivity contribution in [1.29, 1.82) is 5.26 Å². The Bertz CT molecular complexity index is 1280. The van der Waals surface area contributed by atoms with E-state index in [-0.39, 0.29) is 17.5 Å². The molecule has 2 aliphatic rings. The van der Waals surface area contributed by atoms with Crippen molar-refractivity contribution in [2.75, 3.05) is 11.9 Å². The van der Waals surface area contributed by atoms with E-state index in [1.165, 1.54) is 0 Å². The van der Waals surface area contributed by atoms with Crippen molar-refractivity contribution in [3.8, 4) is 6.07 Å². The maximum atomic E-state index is 12.7. The molecule has 0 saturated heterocycles. The first kappa shape index (κ1) is 21.0. The molecular formula is C22H26N6O3S. The van der Waals surface area contributed by atoms with Crippen molar-refractivity contribution in [3.05, 3.63) is 46.4 Å². The summed E-state index contributed by atoms with van der Waals surface area (Å²) in [6.45, 7) is 2.88. The fraction of sp³-hybridized carbons (Fsp3) is 0.409. The smallest absolute Gasteiger partial charge is 0.261 e. The minimum absolute atomic E-state index is 0.0697. The molecule has 1 aromatic carbocycles. The molecule has 32 heavy (non-hydrogen) atoms. The van der Waals surface area contributed by atoms with Gasteiger partial charge >= 0.3 is 0 Å². The summed E-state index contributed by atoms with van der Waals surface area (Å²) in [5.41, 5.74) is 2.02. The number of pyridine rings is 1. The fourth-order valence-corrected chi connectivity index (χ4v) is 6.57. The maximum Gasteiger partial charge on any atom is 0.261 e. The van der Waals surface area contributed by atoms with Crippen LogP contribution in [0.1, 0.15) is 44.2 Å². The van der Waals surface area contributed by atoms with Gasteiger partial charge in [-0.2, -0.15) is 14.7 Å². The number of aromatic nitrogens is 3. The summed E-state index contributed by atoms with van der Waals surface area (Å²) in [6.07, 6.45) is 5.35. The number of nitriles is 1. The average Bonchev–Trinajstić information content (AvgIpc) is 3.28. The van der Waals surface area contributed by atoms with Crippen LogP contribution in [0, 0.1) is 17.2 Å². The van der Waals surface area contributed by atoms with Gasteiger partial charge in [-0.05, 0) is 42.7 Å². The van der Waals surface area contributed by atoms with Gasteiger partial charge < -0.3 is 10.3 Å². The van der Waals surface area contributed by atoms with Crippen LogP contribution in [0.15, 0.2) is 40.2 Å². The lowest BCUT2D eigenvalue weighted by Gasteiger charge is -2.36. The van der Waals surface area contributed by atoms with Gasteiger partial charge in [0.05, 0.1) is 28.4 Å². The lowest BCUT2D eigenvalue weighted by Crippen LogP contribution is -2.23. The molecule has 3 heterocycles. The first-order chi connectivity index (χ1) is 15.4. The van der Waals surface area contributed by atoms with Gasteiger partial charge in [-0.15, -0.1) is 10.8 Å². The van der Waals surface area contributed by atoms with E-state index >= 15 is 0 Å². The second kappa shape index (κ2) is 7.94. The van der Waals surface area contributed by atoms with Gasteiger partial charge in [0.15, 0.2) is 5.82 Å². The van der Waals surface area contributed by atoms with E-state index in [1.54, 1.807) is 22.6 Å². The SMILES string of the molecule is CCN1Cc2cc(Nc3nn(C4CCCCC4C#N)c4cc[nH]c(=O)c34)ccc2S1(O)O. The third kappa shape index (κ3) is 3.29. The number of rotatable bonds is 4. The van der Waals surface area contributed by atoms with Crippen LogP contribution in [-0.4, -0.2) is 34.7 Å². The molecule has 5 rings (SSSR count). The molecule has 4 N–H and O–H groups in total. The highest BCUT2D eigenvalue weighted by Crippen LogP contribution is 2.58. The van der Waals surface area contributed by atoms with Crippen LogP contribution in [0.5, 0.6) is 0 Å². The lowest BCUT2D eigenvalue weighted by molar-refractivity contribution is 0.277. The fourth-order valence-electron chi connectivity index (χ4n) is 4.89. The Labute approximate surface area is 187 Å². The summed E-state index contributed by atoms with van der Waals surface area (Å²) >= 11 is 0. The van der Waals surface area contributed by atoms with Gasteiger partial charge in [0.2, 0.25) is 0 Å². The Kier molecular flexibility index (Phi) is 5.22. The Morgan fingerprint density at radius 2 is 2.12 bits per heavy atom. The second-order valence-electron chi connectivity index (χ2n) is 8.37. The molecule has 9 nitrogen and oxygen atoms in total. The Morgan fingerprint density at radius 1 is 1.31 bits per heavy atom. The van der Waals surface area contributed by atoms with Gasteiger partial charge in [0, 0.05) is 25.0 Å². The molecule has 2 atom stereocenters. The summed E-state index contributed by atoms with van der Waals surface area (Å²) in [6, 6.07) is 9.54. The lowest BCUT2D eigenvalue weighted by atomic mass is 9.85. The molecule has 2 aromatic heterocycles. The Hall–Kier alpha value is -2.84. The van der Waals surface area contributed by atoms with Crippen LogP contribution in [0.3, 0.4) is 0 Å². The van der Waals surface area contributed by atoms with Gasteiger partial charge in [0.25, 0.3) is 5.56 Å². The third-order valence-electron chi connectivity index (χ3n) is 6.52. The first-order valence-electron chi connectivity index (χ1n) is 10.9. The highest BCUT2D eigenvalue weighted by Gasteiger charge is 2.34. The van der Waals surface area contributed by atoms with E-state index in [9.17, 15) is 19.2 Å². The topological polar surface area (TPSA) is 130 Å². The number of nitrogens with zero attached hydrogens (tertiary/aromatic N) is 4. The van der Waals surface area contributed by atoms with E-state index in [0.29, 0.717) is 40.4 Å². The van der Waals surface area contributed by atoms with Crippen LogP contribution >= 0.6 is 10.8 Å². The molecule has 3 aromatic rings. The largest absolute Gasteiger partial charge is 0.338 e.